The highest BCUT2D eigenvalue weighted by molar-refractivity contribution is 7.80. The summed E-state index contributed by atoms with van der Waals surface area (Å²) >= 11 is 4.88. The third kappa shape index (κ3) is 5.63. The van der Waals surface area contributed by atoms with Gasteiger partial charge in [-0.3, -0.25) is 10.3 Å². The SMILES string of the molecule is CCc1nc(Nc2ncc(C(C)=NCC(N)=S)c(C)n2)nc(N2CCN(C)CC2)n1. The average molecular weight is 429 g/mol. The maximum absolute atomic E-state index is 5.52. The number of nitrogens with two attached hydrogens (primary N) is 1. The minimum Gasteiger partial charge on any atom is -0.392 e. The Kier molecular flexibility index (Phi) is 7.16. The van der Waals surface area contributed by atoms with Crippen LogP contribution in [0.4, 0.5) is 17.8 Å². The second-order valence-corrected chi connectivity index (χ2v) is 7.73. The van der Waals surface area contributed by atoms with Gasteiger partial charge in [-0.25, -0.2) is 9.97 Å². The van der Waals surface area contributed by atoms with Crippen LogP contribution in [0.2, 0.25) is 0 Å². The van der Waals surface area contributed by atoms with Crippen LogP contribution in [-0.4, -0.2) is 80.3 Å². The van der Waals surface area contributed by atoms with Gasteiger partial charge < -0.3 is 15.5 Å². The molecule has 0 bridgehead atoms. The first kappa shape index (κ1) is 21.9. The van der Waals surface area contributed by atoms with E-state index in [9.17, 15) is 0 Å². The number of rotatable bonds is 7. The molecule has 0 saturated carbocycles. The van der Waals surface area contributed by atoms with Crippen LogP contribution in [-0.2, 0) is 6.42 Å². The normalized spacial score (nSPS) is 15.3. The molecule has 0 amide bonds. The lowest BCUT2D eigenvalue weighted by atomic mass is 10.1. The van der Waals surface area contributed by atoms with Crippen molar-refractivity contribution in [2.75, 3.05) is 50.0 Å². The lowest BCUT2D eigenvalue weighted by molar-refractivity contribution is 0.311. The number of anilines is 3. The van der Waals surface area contributed by atoms with Crippen molar-refractivity contribution in [2.24, 2.45) is 10.7 Å². The second-order valence-electron chi connectivity index (χ2n) is 7.20. The number of hydrogen-bond acceptors (Lipinski definition) is 10. The Hall–Kier alpha value is -2.79. The Bertz CT molecular complexity index is 937. The predicted molar refractivity (Wildman–Crippen MR) is 123 cm³/mol. The van der Waals surface area contributed by atoms with Crippen LogP contribution >= 0.6 is 12.2 Å². The van der Waals surface area contributed by atoms with E-state index >= 15 is 0 Å². The van der Waals surface area contributed by atoms with Gasteiger partial charge in [0.2, 0.25) is 17.8 Å². The standard InChI is InChI=1S/C19H28N10S/c1-5-16-24-18(27-19(25-16)29-8-6-28(4)7-9-29)26-17-22-10-14(13(3)23-17)12(2)21-11-15(20)30/h10H,5-9,11H2,1-4H3,(H2,20,30)(H,22,23,24,25,26,27). The van der Waals surface area contributed by atoms with Gasteiger partial charge in [0.15, 0.2) is 0 Å². The van der Waals surface area contributed by atoms with Crippen molar-refractivity contribution in [1.29, 1.82) is 0 Å². The van der Waals surface area contributed by atoms with Gasteiger partial charge >= 0.3 is 0 Å². The van der Waals surface area contributed by atoms with E-state index in [1.165, 1.54) is 0 Å². The monoisotopic (exact) mass is 428 g/mol. The highest BCUT2D eigenvalue weighted by atomic mass is 32.1. The van der Waals surface area contributed by atoms with Crippen molar-refractivity contribution in [3.8, 4) is 0 Å². The molecule has 1 aliphatic rings. The minimum absolute atomic E-state index is 0.306. The molecule has 11 heteroatoms. The van der Waals surface area contributed by atoms with Crippen molar-refractivity contribution >= 4 is 40.8 Å². The van der Waals surface area contributed by atoms with Crippen molar-refractivity contribution in [3.05, 3.63) is 23.3 Å². The van der Waals surface area contributed by atoms with Gasteiger partial charge in [-0.1, -0.05) is 19.1 Å². The largest absolute Gasteiger partial charge is 0.392 e. The van der Waals surface area contributed by atoms with Crippen molar-refractivity contribution in [2.45, 2.75) is 27.2 Å². The molecule has 10 nitrogen and oxygen atoms in total. The van der Waals surface area contributed by atoms with E-state index in [0.717, 1.165) is 55.4 Å². The van der Waals surface area contributed by atoms with E-state index in [-0.39, 0.29) is 0 Å². The molecule has 3 heterocycles. The van der Waals surface area contributed by atoms with Crippen LogP contribution < -0.4 is 16.0 Å². The molecule has 3 rings (SSSR count). The summed E-state index contributed by atoms with van der Waals surface area (Å²) in [6.45, 7) is 9.86. The van der Waals surface area contributed by atoms with Gasteiger partial charge in [0, 0.05) is 50.1 Å². The molecule has 0 radical (unpaired) electrons. The van der Waals surface area contributed by atoms with Crippen LogP contribution in [0.15, 0.2) is 11.2 Å². The molecule has 2 aromatic rings. The number of piperazine rings is 1. The fourth-order valence-electron chi connectivity index (χ4n) is 3.03. The number of nitrogens with one attached hydrogen (secondary N) is 1. The van der Waals surface area contributed by atoms with Crippen molar-refractivity contribution in [1.82, 2.24) is 29.8 Å². The summed E-state index contributed by atoms with van der Waals surface area (Å²) in [6.07, 6.45) is 2.45. The van der Waals surface area contributed by atoms with E-state index < -0.39 is 0 Å². The summed E-state index contributed by atoms with van der Waals surface area (Å²) in [4.78, 5) is 31.8. The zero-order chi connectivity index (χ0) is 21.7. The Morgan fingerprint density at radius 3 is 2.53 bits per heavy atom. The molecular formula is C19H28N10S. The summed E-state index contributed by atoms with van der Waals surface area (Å²) < 4.78 is 0. The fourth-order valence-corrected chi connectivity index (χ4v) is 3.10. The summed E-state index contributed by atoms with van der Waals surface area (Å²) in [7, 11) is 2.12. The quantitative estimate of drug-likeness (QED) is 0.490. The summed E-state index contributed by atoms with van der Waals surface area (Å²) in [5.74, 6) is 2.29. The minimum atomic E-state index is 0.306. The second kappa shape index (κ2) is 9.81. The van der Waals surface area contributed by atoms with E-state index in [4.69, 9.17) is 18.0 Å². The van der Waals surface area contributed by atoms with E-state index in [2.05, 4.69) is 52.1 Å². The number of hydrogen-bond donors (Lipinski definition) is 2. The third-order valence-electron chi connectivity index (χ3n) is 4.84. The maximum Gasteiger partial charge on any atom is 0.234 e. The summed E-state index contributed by atoms with van der Waals surface area (Å²) in [5, 5.41) is 3.12. The molecule has 1 saturated heterocycles. The molecule has 0 unspecified atom stereocenters. The lowest BCUT2D eigenvalue weighted by Gasteiger charge is -2.32. The van der Waals surface area contributed by atoms with Gasteiger partial charge in [-0.05, 0) is 20.9 Å². The fraction of sp³-hybridized carbons (Fsp3) is 0.526. The lowest BCUT2D eigenvalue weighted by Crippen LogP contribution is -2.45. The Labute approximate surface area is 182 Å². The molecule has 1 aliphatic heterocycles. The smallest absolute Gasteiger partial charge is 0.234 e. The van der Waals surface area contributed by atoms with Crippen molar-refractivity contribution in [3.63, 3.8) is 0 Å². The van der Waals surface area contributed by atoms with E-state index in [1.807, 2.05) is 20.8 Å². The number of aliphatic imine (C=N–C) groups is 1. The molecule has 0 spiro atoms. The topological polar surface area (TPSA) is 121 Å². The molecule has 2 aromatic heterocycles. The highest BCUT2D eigenvalue weighted by Gasteiger charge is 2.18. The average Bonchev–Trinajstić information content (AvgIpc) is 2.72. The highest BCUT2D eigenvalue weighted by Crippen LogP contribution is 2.16. The molecular weight excluding hydrogens is 400 g/mol. The summed E-state index contributed by atoms with van der Waals surface area (Å²) in [5.41, 5.74) is 7.95. The molecule has 0 aliphatic carbocycles. The van der Waals surface area contributed by atoms with Crippen LogP contribution in [0.3, 0.4) is 0 Å². The zero-order valence-electron chi connectivity index (χ0n) is 17.9. The first-order valence-corrected chi connectivity index (χ1v) is 10.4. The first-order valence-electron chi connectivity index (χ1n) is 9.94. The van der Waals surface area contributed by atoms with Crippen LogP contribution in [0.5, 0.6) is 0 Å². The number of nitrogens with zero attached hydrogens (tertiary/aromatic N) is 8. The molecule has 1 fully saturated rings. The first-order chi connectivity index (χ1) is 14.4. The van der Waals surface area contributed by atoms with Crippen LogP contribution in [0, 0.1) is 6.92 Å². The number of aryl methyl sites for hydroxylation is 2. The number of likely N-dealkylation sites (N-methyl/N-ethyl adjacent to an activating group) is 1. The molecule has 30 heavy (non-hydrogen) atoms. The zero-order valence-corrected chi connectivity index (χ0v) is 18.7. The van der Waals surface area contributed by atoms with E-state index in [0.29, 0.717) is 29.4 Å². The summed E-state index contributed by atoms with van der Waals surface area (Å²) in [6, 6.07) is 0. The number of thiocarbonyl (C=S) groups is 1. The Balaban J connectivity index is 1.80. The molecule has 160 valence electrons. The van der Waals surface area contributed by atoms with Crippen molar-refractivity contribution < 1.29 is 0 Å². The van der Waals surface area contributed by atoms with Gasteiger partial charge in [0.25, 0.3) is 0 Å². The molecule has 0 aromatic carbocycles. The third-order valence-corrected chi connectivity index (χ3v) is 4.97. The van der Waals surface area contributed by atoms with E-state index in [1.54, 1.807) is 6.20 Å². The molecule has 0 atom stereocenters. The maximum atomic E-state index is 5.52. The van der Waals surface area contributed by atoms with Crippen LogP contribution in [0.25, 0.3) is 0 Å². The van der Waals surface area contributed by atoms with Gasteiger partial charge in [-0.15, -0.1) is 0 Å². The Morgan fingerprint density at radius 1 is 1.17 bits per heavy atom. The predicted octanol–water partition coefficient (Wildman–Crippen LogP) is 1.12. The Morgan fingerprint density at radius 2 is 1.90 bits per heavy atom. The van der Waals surface area contributed by atoms with Gasteiger partial charge in [0.1, 0.15) is 5.82 Å². The van der Waals surface area contributed by atoms with Gasteiger partial charge in [0.05, 0.1) is 17.2 Å². The van der Waals surface area contributed by atoms with Gasteiger partial charge in [-0.2, -0.15) is 15.0 Å². The van der Waals surface area contributed by atoms with Crippen LogP contribution in [0.1, 0.15) is 30.9 Å². The number of aromatic nitrogens is 5. The molecule has 3 N–H and O–H groups in total.